The minimum absolute atomic E-state index is 0.194. The molecule has 0 saturated carbocycles. The van der Waals surface area contributed by atoms with Crippen LogP contribution in [0.15, 0.2) is 41.6 Å². The van der Waals surface area contributed by atoms with Crippen molar-refractivity contribution in [2.45, 2.75) is 11.4 Å². The lowest BCUT2D eigenvalue weighted by molar-refractivity contribution is 0.458. The van der Waals surface area contributed by atoms with E-state index in [0.717, 1.165) is 0 Å². The molecule has 1 aromatic carbocycles. The molecule has 7 heteroatoms. The second-order valence-corrected chi connectivity index (χ2v) is 5.91. The lowest BCUT2D eigenvalue weighted by Gasteiger charge is -2.15. The van der Waals surface area contributed by atoms with Gasteiger partial charge >= 0.3 is 0 Å². The van der Waals surface area contributed by atoms with Crippen LogP contribution in [0.2, 0.25) is 0 Å². The molecule has 0 aliphatic heterocycles. The van der Waals surface area contributed by atoms with Crippen LogP contribution in [0.4, 0.5) is 5.69 Å². The van der Waals surface area contributed by atoms with E-state index in [1.807, 2.05) is 0 Å². The third-order valence-corrected chi connectivity index (χ3v) is 4.33. The third kappa shape index (κ3) is 2.52. The number of rotatable bonds is 4. The highest BCUT2D eigenvalue weighted by Crippen LogP contribution is 2.17. The fourth-order valence-corrected chi connectivity index (χ4v) is 2.63. The molecule has 0 spiro atoms. The van der Waals surface area contributed by atoms with E-state index in [1.165, 1.54) is 23.5 Å². The summed E-state index contributed by atoms with van der Waals surface area (Å²) in [4.78, 5) is 7.07. The Morgan fingerprint density at radius 3 is 2.56 bits per heavy atom. The summed E-state index contributed by atoms with van der Waals surface area (Å²) in [6, 6.07) is 6.10. The van der Waals surface area contributed by atoms with Gasteiger partial charge in [0.1, 0.15) is 5.82 Å². The zero-order chi connectivity index (χ0) is 13.2. The van der Waals surface area contributed by atoms with E-state index in [9.17, 15) is 8.42 Å². The van der Waals surface area contributed by atoms with Crippen LogP contribution in [0, 0.1) is 0 Å². The first-order valence-corrected chi connectivity index (χ1v) is 6.74. The maximum absolute atomic E-state index is 12.2. The number of H-pyrrole nitrogens is 1. The highest BCUT2D eigenvalue weighted by molar-refractivity contribution is 7.89. The largest absolute Gasteiger partial charge is 0.399 e. The molecule has 0 aliphatic carbocycles. The van der Waals surface area contributed by atoms with Crippen LogP contribution in [0.5, 0.6) is 0 Å². The Morgan fingerprint density at radius 2 is 2.00 bits per heavy atom. The van der Waals surface area contributed by atoms with Crippen LogP contribution in [0.1, 0.15) is 5.82 Å². The number of hydrogen-bond donors (Lipinski definition) is 2. The van der Waals surface area contributed by atoms with Crippen molar-refractivity contribution in [3.05, 3.63) is 42.5 Å². The van der Waals surface area contributed by atoms with Crippen molar-refractivity contribution >= 4 is 15.7 Å². The molecular formula is C11H14N4O2S. The van der Waals surface area contributed by atoms with E-state index in [-0.39, 0.29) is 11.4 Å². The summed E-state index contributed by atoms with van der Waals surface area (Å²) in [6.45, 7) is 0.194. The molecule has 0 aliphatic rings. The Bertz CT molecular complexity index is 605. The standard InChI is InChI=1S/C11H14N4O2S/c1-15(8-11-13-6-7-14-11)18(16,17)10-4-2-9(12)3-5-10/h2-7H,8,12H2,1H3,(H,13,14). The molecule has 0 amide bonds. The van der Waals surface area contributed by atoms with Crippen LogP contribution in [-0.4, -0.2) is 29.7 Å². The van der Waals surface area contributed by atoms with Crippen LogP contribution in [0.25, 0.3) is 0 Å². The first-order chi connectivity index (χ1) is 8.50. The third-order valence-electron chi connectivity index (χ3n) is 2.52. The average molecular weight is 266 g/mol. The summed E-state index contributed by atoms with van der Waals surface area (Å²) >= 11 is 0. The highest BCUT2D eigenvalue weighted by Gasteiger charge is 2.21. The second-order valence-electron chi connectivity index (χ2n) is 3.87. The summed E-state index contributed by atoms with van der Waals surface area (Å²) in [6.07, 6.45) is 3.23. The fourth-order valence-electron chi connectivity index (χ4n) is 1.50. The zero-order valence-corrected chi connectivity index (χ0v) is 10.7. The van der Waals surface area contributed by atoms with Crippen LogP contribution in [0.3, 0.4) is 0 Å². The lowest BCUT2D eigenvalue weighted by Crippen LogP contribution is -2.27. The number of imidazole rings is 1. The van der Waals surface area contributed by atoms with E-state index in [0.29, 0.717) is 11.5 Å². The van der Waals surface area contributed by atoms with Crippen molar-refractivity contribution in [2.24, 2.45) is 0 Å². The summed E-state index contributed by atoms with van der Waals surface area (Å²) < 4.78 is 25.7. The number of anilines is 1. The molecular weight excluding hydrogens is 252 g/mol. The first kappa shape index (κ1) is 12.6. The number of nitrogen functional groups attached to an aromatic ring is 1. The SMILES string of the molecule is CN(Cc1ncc[nH]1)S(=O)(=O)c1ccc(N)cc1. The van der Waals surface area contributed by atoms with E-state index < -0.39 is 10.0 Å². The van der Waals surface area contributed by atoms with E-state index in [1.54, 1.807) is 24.5 Å². The van der Waals surface area contributed by atoms with Gasteiger partial charge in [-0.25, -0.2) is 13.4 Å². The second kappa shape index (κ2) is 4.79. The molecule has 2 rings (SSSR count). The Balaban J connectivity index is 2.22. The summed E-state index contributed by atoms with van der Waals surface area (Å²) in [5.41, 5.74) is 6.06. The van der Waals surface area contributed by atoms with E-state index in [2.05, 4.69) is 9.97 Å². The predicted molar refractivity (Wildman–Crippen MR) is 68.1 cm³/mol. The van der Waals surface area contributed by atoms with Crippen molar-refractivity contribution in [1.29, 1.82) is 0 Å². The van der Waals surface area contributed by atoms with Crippen molar-refractivity contribution in [1.82, 2.24) is 14.3 Å². The van der Waals surface area contributed by atoms with Crippen LogP contribution in [-0.2, 0) is 16.6 Å². The summed E-state index contributed by atoms with van der Waals surface area (Å²) in [7, 11) is -2.01. The quantitative estimate of drug-likeness (QED) is 0.801. The molecule has 18 heavy (non-hydrogen) atoms. The van der Waals surface area contributed by atoms with Gasteiger partial charge in [0.15, 0.2) is 0 Å². The van der Waals surface area contributed by atoms with Crippen LogP contribution < -0.4 is 5.73 Å². The molecule has 3 N–H and O–H groups in total. The molecule has 0 atom stereocenters. The minimum atomic E-state index is -3.51. The van der Waals surface area contributed by atoms with Gasteiger partial charge in [-0.15, -0.1) is 0 Å². The van der Waals surface area contributed by atoms with Gasteiger partial charge in [0.25, 0.3) is 0 Å². The van der Waals surface area contributed by atoms with Crippen molar-refractivity contribution < 1.29 is 8.42 Å². The van der Waals surface area contributed by atoms with Crippen molar-refractivity contribution in [3.63, 3.8) is 0 Å². The molecule has 0 bridgehead atoms. The molecule has 0 saturated heterocycles. The number of nitrogens with one attached hydrogen (secondary N) is 1. The van der Waals surface area contributed by atoms with Gasteiger partial charge in [-0.3, -0.25) is 0 Å². The monoisotopic (exact) mass is 266 g/mol. The van der Waals surface area contributed by atoms with Gasteiger partial charge in [0.2, 0.25) is 10.0 Å². The Labute approximate surface area is 106 Å². The first-order valence-electron chi connectivity index (χ1n) is 5.30. The maximum Gasteiger partial charge on any atom is 0.243 e. The van der Waals surface area contributed by atoms with Gasteiger partial charge in [-0.05, 0) is 24.3 Å². The topological polar surface area (TPSA) is 92.1 Å². The number of aromatic amines is 1. The van der Waals surface area contributed by atoms with Gasteiger partial charge in [0, 0.05) is 25.1 Å². The smallest absolute Gasteiger partial charge is 0.243 e. The Hall–Kier alpha value is -1.86. The molecule has 1 heterocycles. The molecule has 1 aromatic heterocycles. The number of hydrogen-bond acceptors (Lipinski definition) is 4. The highest BCUT2D eigenvalue weighted by atomic mass is 32.2. The molecule has 0 unspecified atom stereocenters. The minimum Gasteiger partial charge on any atom is -0.399 e. The molecule has 0 fully saturated rings. The van der Waals surface area contributed by atoms with Crippen LogP contribution >= 0.6 is 0 Å². The average Bonchev–Trinajstić information content (AvgIpc) is 2.82. The normalized spacial score (nSPS) is 11.9. The molecule has 96 valence electrons. The van der Waals surface area contributed by atoms with E-state index in [4.69, 9.17) is 5.73 Å². The van der Waals surface area contributed by atoms with Gasteiger partial charge in [0.05, 0.1) is 11.4 Å². The van der Waals surface area contributed by atoms with Crippen molar-refractivity contribution in [2.75, 3.05) is 12.8 Å². The maximum atomic E-state index is 12.2. The summed E-state index contributed by atoms with van der Waals surface area (Å²) in [5, 5.41) is 0. The Kier molecular flexibility index (Phi) is 3.35. The number of nitrogens with zero attached hydrogens (tertiary/aromatic N) is 2. The van der Waals surface area contributed by atoms with Gasteiger partial charge in [-0.2, -0.15) is 4.31 Å². The van der Waals surface area contributed by atoms with Gasteiger partial charge in [-0.1, -0.05) is 0 Å². The predicted octanol–water partition coefficient (Wildman–Crippen LogP) is 0.813. The van der Waals surface area contributed by atoms with E-state index >= 15 is 0 Å². The number of benzene rings is 1. The van der Waals surface area contributed by atoms with Gasteiger partial charge < -0.3 is 10.7 Å². The molecule has 6 nitrogen and oxygen atoms in total. The number of aromatic nitrogens is 2. The number of sulfonamides is 1. The van der Waals surface area contributed by atoms with Crippen molar-refractivity contribution in [3.8, 4) is 0 Å². The lowest BCUT2D eigenvalue weighted by atomic mass is 10.3. The fraction of sp³-hybridized carbons (Fsp3) is 0.182. The summed E-state index contributed by atoms with van der Waals surface area (Å²) in [5.74, 6) is 0.594. The molecule has 0 radical (unpaired) electrons. The number of nitrogens with two attached hydrogens (primary N) is 1. The zero-order valence-electron chi connectivity index (χ0n) is 9.87. The molecule has 2 aromatic rings. The Morgan fingerprint density at radius 1 is 1.33 bits per heavy atom.